The van der Waals surface area contributed by atoms with Crippen molar-refractivity contribution in [2.24, 2.45) is 0 Å². The maximum absolute atomic E-state index is 13.0. The van der Waals surface area contributed by atoms with Crippen LogP contribution in [0.15, 0.2) is 41.3 Å². The van der Waals surface area contributed by atoms with Crippen LogP contribution in [0.2, 0.25) is 0 Å². The Morgan fingerprint density at radius 2 is 1.97 bits per heavy atom. The number of Topliss-reactive ketones (excluding diaryl/α,β-unsaturated/α-hetero) is 1. The van der Waals surface area contributed by atoms with E-state index in [0.29, 0.717) is 40.4 Å². The van der Waals surface area contributed by atoms with Crippen LogP contribution in [0.5, 0.6) is 11.5 Å². The average Bonchev–Trinajstić information content (AvgIpc) is 3.48. The molecule has 3 aromatic rings. The van der Waals surface area contributed by atoms with Crippen LogP contribution in [-0.2, 0) is 9.59 Å². The van der Waals surface area contributed by atoms with Gasteiger partial charge in [0.15, 0.2) is 11.5 Å². The zero-order chi connectivity index (χ0) is 20.8. The van der Waals surface area contributed by atoms with Crippen molar-refractivity contribution in [2.45, 2.75) is 13.0 Å². The molecule has 1 atom stereocenters. The van der Waals surface area contributed by atoms with E-state index in [1.54, 1.807) is 25.1 Å². The Hall–Kier alpha value is -3.24. The first-order valence-corrected chi connectivity index (χ1v) is 10.8. The Labute approximate surface area is 179 Å². The molecule has 0 saturated carbocycles. The molecule has 4 heterocycles. The molecule has 0 aliphatic carbocycles. The lowest BCUT2D eigenvalue weighted by molar-refractivity contribution is -0.132. The van der Waals surface area contributed by atoms with Gasteiger partial charge in [-0.1, -0.05) is 17.4 Å². The molecule has 30 heavy (non-hydrogen) atoms. The second-order valence-corrected chi connectivity index (χ2v) is 8.79. The fourth-order valence-electron chi connectivity index (χ4n) is 3.48. The number of benzene rings is 1. The summed E-state index contributed by atoms with van der Waals surface area (Å²) in [5.41, 5.74) is 0.374. The van der Waals surface area contributed by atoms with Gasteiger partial charge in [-0.05, 0) is 36.6 Å². The monoisotopic (exact) mass is 441 g/mol. The summed E-state index contributed by atoms with van der Waals surface area (Å²) < 4.78 is 11.1. The van der Waals surface area contributed by atoms with E-state index < -0.39 is 17.7 Å². The molecule has 152 valence electrons. The van der Waals surface area contributed by atoms with Gasteiger partial charge in [-0.25, -0.2) is 0 Å². The second-order valence-electron chi connectivity index (χ2n) is 6.65. The van der Waals surface area contributed by atoms with E-state index in [4.69, 9.17) is 9.47 Å². The minimum atomic E-state index is -0.787. The largest absolute Gasteiger partial charge is 0.507 e. The molecule has 1 N–H and O–H groups in total. The summed E-state index contributed by atoms with van der Waals surface area (Å²) in [6.07, 6.45) is 0. The summed E-state index contributed by atoms with van der Waals surface area (Å²) >= 11 is 2.60. The van der Waals surface area contributed by atoms with Gasteiger partial charge in [-0.15, -0.1) is 21.5 Å². The number of ether oxygens (including phenoxy) is 2. The molecule has 0 spiro atoms. The normalized spacial score (nSPS) is 20.0. The van der Waals surface area contributed by atoms with Gasteiger partial charge in [-0.3, -0.25) is 14.5 Å². The number of aromatic nitrogens is 2. The summed E-state index contributed by atoms with van der Waals surface area (Å²) in [5.74, 6) is -0.742. The van der Waals surface area contributed by atoms with Crippen molar-refractivity contribution in [3.05, 3.63) is 56.7 Å². The third-order valence-corrected chi connectivity index (χ3v) is 6.56. The van der Waals surface area contributed by atoms with Crippen LogP contribution >= 0.6 is 22.7 Å². The van der Waals surface area contributed by atoms with E-state index in [1.807, 2.05) is 17.5 Å². The standard InChI is InChI=1S/C20H15N3O5S2/c1-10-21-22-20(30-10)23-16(14-3-2-8-29-14)15(18(25)19(23)26)17(24)11-4-5-12-13(9-11)28-7-6-27-12/h2-5,8-9,16,24H,6-7H2,1H3/t16-/m1/s1. The molecule has 8 nitrogen and oxygen atoms in total. The van der Waals surface area contributed by atoms with E-state index in [0.717, 1.165) is 4.88 Å². The number of hydrogen-bond donors (Lipinski definition) is 1. The Morgan fingerprint density at radius 1 is 1.17 bits per heavy atom. The minimum Gasteiger partial charge on any atom is -0.507 e. The van der Waals surface area contributed by atoms with E-state index >= 15 is 0 Å². The topological polar surface area (TPSA) is 102 Å². The fraction of sp³-hybridized carbons (Fsp3) is 0.200. The van der Waals surface area contributed by atoms with Crippen molar-refractivity contribution in [1.29, 1.82) is 0 Å². The summed E-state index contributed by atoms with van der Waals surface area (Å²) in [6.45, 7) is 2.61. The van der Waals surface area contributed by atoms with E-state index in [2.05, 4.69) is 10.2 Å². The van der Waals surface area contributed by atoms with E-state index in [-0.39, 0.29) is 11.3 Å². The summed E-state index contributed by atoms with van der Waals surface area (Å²) in [5, 5.41) is 22.0. The predicted molar refractivity (Wildman–Crippen MR) is 111 cm³/mol. The van der Waals surface area contributed by atoms with Crippen molar-refractivity contribution < 1.29 is 24.2 Å². The molecule has 2 aliphatic heterocycles. The Morgan fingerprint density at radius 3 is 2.67 bits per heavy atom. The molecule has 1 amide bonds. The Kier molecular flexibility index (Phi) is 4.52. The number of thiophene rings is 1. The molecule has 2 aliphatic rings. The Balaban J connectivity index is 1.67. The lowest BCUT2D eigenvalue weighted by atomic mass is 9.99. The van der Waals surface area contributed by atoms with Crippen molar-refractivity contribution in [1.82, 2.24) is 10.2 Å². The highest BCUT2D eigenvalue weighted by molar-refractivity contribution is 7.15. The second kappa shape index (κ2) is 7.22. The quantitative estimate of drug-likeness (QED) is 0.378. The average molecular weight is 441 g/mol. The fourth-order valence-corrected chi connectivity index (χ4v) is 5.01. The van der Waals surface area contributed by atoms with E-state index in [1.165, 1.54) is 27.6 Å². The zero-order valence-corrected chi connectivity index (χ0v) is 17.3. The summed E-state index contributed by atoms with van der Waals surface area (Å²) in [4.78, 5) is 28.0. The maximum Gasteiger partial charge on any atom is 0.301 e. The molecule has 2 aromatic heterocycles. The first-order valence-electron chi connectivity index (χ1n) is 9.09. The van der Waals surface area contributed by atoms with Crippen molar-refractivity contribution in [3.8, 4) is 11.5 Å². The molecule has 1 fully saturated rings. The van der Waals surface area contributed by atoms with Gasteiger partial charge < -0.3 is 14.6 Å². The lowest BCUT2D eigenvalue weighted by Gasteiger charge is -2.21. The van der Waals surface area contributed by atoms with Gasteiger partial charge in [0, 0.05) is 10.4 Å². The minimum absolute atomic E-state index is 0.00646. The van der Waals surface area contributed by atoms with E-state index in [9.17, 15) is 14.7 Å². The summed E-state index contributed by atoms with van der Waals surface area (Å²) in [7, 11) is 0. The van der Waals surface area contributed by atoms with Gasteiger partial charge >= 0.3 is 5.91 Å². The molecular formula is C20H15N3O5S2. The number of nitrogens with zero attached hydrogens (tertiary/aromatic N) is 3. The number of rotatable bonds is 3. The lowest BCUT2D eigenvalue weighted by Crippen LogP contribution is -2.29. The van der Waals surface area contributed by atoms with Crippen molar-refractivity contribution in [2.75, 3.05) is 18.1 Å². The van der Waals surface area contributed by atoms with Crippen LogP contribution in [0.1, 0.15) is 21.5 Å². The number of aliphatic hydroxyl groups is 1. The van der Waals surface area contributed by atoms with Crippen LogP contribution < -0.4 is 14.4 Å². The number of aliphatic hydroxyl groups excluding tert-OH is 1. The van der Waals surface area contributed by atoms with Crippen molar-refractivity contribution >= 4 is 45.3 Å². The number of carbonyl (C=O) groups is 2. The number of fused-ring (bicyclic) bond motifs is 1. The molecule has 0 bridgehead atoms. The van der Waals surface area contributed by atoms with Crippen LogP contribution in [0, 0.1) is 6.92 Å². The molecule has 0 unspecified atom stereocenters. The number of anilines is 1. The smallest absolute Gasteiger partial charge is 0.301 e. The van der Waals surface area contributed by atoms with Crippen LogP contribution in [-0.4, -0.2) is 40.2 Å². The third kappa shape index (κ3) is 2.96. The van der Waals surface area contributed by atoms with Gasteiger partial charge in [0.1, 0.15) is 30.0 Å². The third-order valence-electron chi connectivity index (χ3n) is 4.79. The number of carbonyl (C=O) groups excluding carboxylic acids is 2. The van der Waals surface area contributed by atoms with Gasteiger partial charge in [0.05, 0.1) is 5.57 Å². The van der Waals surface area contributed by atoms with Gasteiger partial charge in [-0.2, -0.15) is 0 Å². The molecular weight excluding hydrogens is 426 g/mol. The van der Waals surface area contributed by atoms with Crippen molar-refractivity contribution in [3.63, 3.8) is 0 Å². The number of amides is 1. The molecule has 0 radical (unpaired) electrons. The highest BCUT2D eigenvalue weighted by Gasteiger charge is 2.48. The first-order chi connectivity index (χ1) is 14.5. The maximum atomic E-state index is 13.0. The Bertz CT molecular complexity index is 1190. The molecule has 5 rings (SSSR count). The van der Waals surface area contributed by atoms with Crippen LogP contribution in [0.25, 0.3) is 5.76 Å². The van der Waals surface area contributed by atoms with Gasteiger partial charge in [0.25, 0.3) is 5.78 Å². The number of aryl methyl sites for hydroxylation is 1. The zero-order valence-electron chi connectivity index (χ0n) is 15.7. The molecule has 1 aromatic carbocycles. The highest BCUT2D eigenvalue weighted by atomic mass is 32.1. The molecule has 1 saturated heterocycles. The molecule has 10 heteroatoms. The predicted octanol–water partition coefficient (Wildman–Crippen LogP) is 3.31. The first kappa shape index (κ1) is 18.8. The number of ketones is 1. The SMILES string of the molecule is Cc1nnc(N2C(=O)C(=O)C(=C(O)c3ccc4c(c3)OCCO4)[C@H]2c2cccs2)s1. The van der Waals surface area contributed by atoms with Crippen LogP contribution in [0.3, 0.4) is 0 Å². The number of hydrogen-bond acceptors (Lipinski definition) is 9. The highest BCUT2D eigenvalue weighted by Crippen LogP contribution is 2.44. The van der Waals surface area contributed by atoms with Crippen LogP contribution in [0.4, 0.5) is 5.13 Å². The summed E-state index contributed by atoms with van der Waals surface area (Å²) in [6, 6.07) is 7.78. The van der Waals surface area contributed by atoms with Gasteiger partial charge in [0.2, 0.25) is 5.13 Å².